The molecule has 3 heteroatoms. The monoisotopic (exact) mass is 239 g/mol. The minimum Gasteiger partial charge on any atom is -0.383 e. The molecule has 96 valence electrons. The summed E-state index contributed by atoms with van der Waals surface area (Å²) in [4.78, 5) is 0. The van der Waals surface area contributed by atoms with E-state index in [9.17, 15) is 4.39 Å². The van der Waals surface area contributed by atoms with Crippen LogP contribution < -0.4 is 5.32 Å². The number of aryl methyl sites for hydroxylation is 1. The lowest BCUT2D eigenvalue weighted by Crippen LogP contribution is -2.37. The molecule has 1 aromatic carbocycles. The van der Waals surface area contributed by atoms with Gasteiger partial charge in [0.05, 0.1) is 6.61 Å². The predicted octanol–water partition coefficient (Wildman–Crippen LogP) is 2.89. The fourth-order valence-electron chi connectivity index (χ4n) is 1.75. The largest absolute Gasteiger partial charge is 0.383 e. The Balaban J connectivity index is 2.61. The zero-order valence-electron chi connectivity index (χ0n) is 11.1. The first-order chi connectivity index (χ1) is 8.04. The van der Waals surface area contributed by atoms with Gasteiger partial charge in [-0.15, -0.1) is 0 Å². The molecule has 0 aromatic heterocycles. The molecule has 0 amide bonds. The zero-order chi connectivity index (χ0) is 12.8. The number of methoxy groups -OCH3 is 1. The van der Waals surface area contributed by atoms with Crippen molar-refractivity contribution < 1.29 is 9.13 Å². The van der Waals surface area contributed by atoms with Gasteiger partial charge in [0.15, 0.2) is 0 Å². The fraction of sp³-hybridized carbons (Fsp3) is 0.571. The summed E-state index contributed by atoms with van der Waals surface area (Å²) in [5, 5.41) is 3.34. The number of rotatable bonds is 6. The van der Waals surface area contributed by atoms with Gasteiger partial charge in [-0.2, -0.15) is 0 Å². The Morgan fingerprint density at radius 2 is 2.06 bits per heavy atom. The highest BCUT2D eigenvalue weighted by atomic mass is 19.1. The summed E-state index contributed by atoms with van der Waals surface area (Å²) in [6, 6.07) is 5.44. The van der Waals surface area contributed by atoms with Crippen LogP contribution in [0, 0.1) is 18.7 Å². The van der Waals surface area contributed by atoms with Gasteiger partial charge in [0.2, 0.25) is 0 Å². The molecule has 0 radical (unpaired) electrons. The molecule has 0 aliphatic rings. The van der Waals surface area contributed by atoms with Crippen LogP contribution in [0.25, 0.3) is 0 Å². The second-order valence-electron chi connectivity index (χ2n) is 4.78. The summed E-state index contributed by atoms with van der Waals surface area (Å²) in [5.74, 6) is 0.311. The lowest BCUT2D eigenvalue weighted by atomic mass is 10.0. The summed E-state index contributed by atoms with van der Waals surface area (Å²) in [6.07, 6.45) is 0. The second kappa shape index (κ2) is 6.72. The van der Waals surface area contributed by atoms with E-state index in [0.29, 0.717) is 24.6 Å². The molecular formula is C14H22FNO. The third-order valence-corrected chi connectivity index (χ3v) is 2.91. The number of halogens is 1. The molecule has 0 fully saturated rings. The van der Waals surface area contributed by atoms with Crippen molar-refractivity contribution in [2.75, 3.05) is 13.7 Å². The molecule has 0 heterocycles. The molecule has 0 saturated carbocycles. The van der Waals surface area contributed by atoms with Crippen molar-refractivity contribution in [1.82, 2.24) is 5.32 Å². The molecule has 0 saturated heterocycles. The smallest absolute Gasteiger partial charge is 0.127 e. The highest BCUT2D eigenvalue weighted by molar-refractivity contribution is 5.23. The molecule has 1 aromatic rings. The van der Waals surface area contributed by atoms with Gasteiger partial charge in [-0.3, -0.25) is 0 Å². The third kappa shape index (κ3) is 4.44. The lowest BCUT2D eigenvalue weighted by molar-refractivity contribution is 0.146. The van der Waals surface area contributed by atoms with Crippen LogP contribution in [0.4, 0.5) is 4.39 Å². The van der Waals surface area contributed by atoms with Crippen molar-refractivity contribution in [3.05, 3.63) is 35.1 Å². The fourth-order valence-corrected chi connectivity index (χ4v) is 1.75. The maximum absolute atomic E-state index is 13.5. The van der Waals surface area contributed by atoms with Crippen molar-refractivity contribution in [1.29, 1.82) is 0 Å². The summed E-state index contributed by atoms with van der Waals surface area (Å²) in [6.45, 7) is 7.41. The van der Waals surface area contributed by atoms with Crippen molar-refractivity contribution >= 4 is 0 Å². The van der Waals surface area contributed by atoms with Crippen LogP contribution in [0.1, 0.15) is 25.0 Å². The van der Waals surface area contributed by atoms with Crippen LogP contribution in [0.3, 0.4) is 0 Å². The van der Waals surface area contributed by atoms with Gasteiger partial charge in [0.1, 0.15) is 5.82 Å². The number of hydrogen-bond donors (Lipinski definition) is 1. The van der Waals surface area contributed by atoms with E-state index in [1.807, 2.05) is 13.0 Å². The number of nitrogens with one attached hydrogen (secondary N) is 1. The lowest BCUT2D eigenvalue weighted by Gasteiger charge is -2.21. The van der Waals surface area contributed by atoms with E-state index >= 15 is 0 Å². The second-order valence-corrected chi connectivity index (χ2v) is 4.78. The number of ether oxygens (including phenoxy) is 1. The van der Waals surface area contributed by atoms with E-state index in [2.05, 4.69) is 19.2 Å². The Bertz CT molecular complexity index is 352. The average Bonchev–Trinajstić information content (AvgIpc) is 2.28. The van der Waals surface area contributed by atoms with E-state index in [1.165, 1.54) is 6.07 Å². The van der Waals surface area contributed by atoms with Gasteiger partial charge >= 0.3 is 0 Å². The first-order valence-electron chi connectivity index (χ1n) is 6.02. The van der Waals surface area contributed by atoms with E-state index in [1.54, 1.807) is 13.2 Å². The predicted molar refractivity (Wildman–Crippen MR) is 68.5 cm³/mol. The Hall–Kier alpha value is -0.930. The molecule has 0 aliphatic heterocycles. The van der Waals surface area contributed by atoms with E-state index in [0.717, 1.165) is 5.56 Å². The first kappa shape index (κ1) is 14.1. The third-order valence-electron chi connectivity index (χ3n) is 2.91. The summed E-state index contributed by atoms with van der Waals surface area (Å²) >= 11 is 0. The molecule has 2 nitrogen and oxygen atoms in total. The van der Waals surface area contributed by atoms with Gasteiger partial charge in [-0.05, 0) is 18.9 Å². The summed E-state index contributed by atoms with van der Waals surface area (Å²) in [7, 11) is 1.68. The topological polar surface area (TPSA) is 21.3 Å². The van der Waals surface area contributed by atoms with Crippen LogP contribution >= 0.6 is 0 Å². The standard InChI is InChI=1S/C14H22FNO/c1-10(2)14(9-17-4)16-8-12-7-11(3)5-6-13(12)15/h5-7,10,14,16H,8-9H2,1-4H3. The van der Waals surface area contributed by atoms with Crippen molar-refractivity contribution in [2.24, 2.45) is 5.92 Å². The van der Waals surface area contributed by atoms with E-state index in [-0.39, 0.29) is 11.9 Å². The SMILES string of the molecule is COCC(NCc1cc(C)ccc1F)C(C)C. The van der Waals surface area contributed by atoms with Gasteiger partial charge in [-0.25, -0.2) is 4.39 Å². The average molecular weight is 239 g/mol. The van der Waals surface area contributed by atoms with Crippen LogP contribution in [-0.2, 0) is 11.3 Å². The summed E-state index contributed by atoms with van der Waals surface area (Å²) < 4.78 is 18.7. The Morgan fingerprint density at radius 1 is 1.35 bits per heavy atom. The van der Waals surface area contributed by atoms with Crippen LogP contribution in [-0.4, -0.2) is 19.8 Å². The molecule has 1 unspecified atom stereocenters. The normalized spacial score (nSPS) is 13.1. The zero-order valence-corrected chi connectivity index (χ0v) is 11.1. The Morgan fingerprint density at radius 3 is 2.65 bits per heavy atom. The van der Waals surface area contributed by atoms with Crippen molar-refractivity contribution in [3.8, 4) is 0 Å². The summed E-state index contributed by atoms with van der Waals surface area (Å²) in [5.41, 5.74) is 1.79. The van der Waals surface area contributed by atoms with E-state index in [4.69, 9.17) is 4.74 Å². The van der Waals surface area contributed by atoms with Gasteiger partial charge < -0.3 is 10.1 Å². The molecule has 0 aliphatic carbocycles. The molecule has 1 rings (SSSR count). The number of hydrogen-bond acceptors (Lipinski definition) is 2. The minimum absolute atomic E-state index is 0.150. The highest BCUT2D eigenvalue weighted by Crippen LogP contribution is 2.11. The maximum atomic E-state index is 13.5. The van der Waals surface area contributed by atoms with Crippen LogP contribution in [0.15, 0.2) is 18.2 Å². The van der Waals surface area contributed by atoms with Gasteiger partial charge in [0, 0.05) is 25.3 Å². The molecule has 1 atom stereocenters. The van der Waals surface area contributed by atoms with Crippen LogP contribution in [0.2, 0.25) is 0 Å². The van der Waals surface area contributed by atoms with Crippen LogP contribution in [0.5, 0.6) is 0 Å². The molecule has 17 heavy (non-hydrogen) atoms. The molecule has 1 N–H and O–H groups in total. The Kier molecular flexibility index (Phi) is 5.59. The van der Waals surface area contributed by atoms with Crippen molar-refractivity contribution in [2.45, 2.75) is 33.4 Å². The maximum Gasteiger partial charge on any atom is 0.127 e. The van der Waals surface area contributed by atoms with Gasteiger partial charge in [-0.1, -0.05) is 31.5 Å². The first-order valence-corrected chi connectivity index (χ1v) is 6.02. The number of benzene rings is 1. The van der Waals surface area contributed by atoms with E-state index < -0.39 is 0 Å². The minimum atomic E-state index is -0.150. The molecule has 0 bridgehead atoms. The van der Waals surface area contributed by atoms with Crippen molar-refractivity contribution in [3.63, 3.8) is 0 Å². The quantitative estimate of drug-likeness (QED) is 0.824. The molecular weight excluding hydrogens is 217 g/mol. The highest BCUT2D eigenvalue weighted by Gasteiger charge is 2.13. The molecule has 0 spiro atoms. The van der Waals surface area contributed by atoms with Gasteiger partial charge in [0.25, 0.3) is 0 Å². The Labute approximate surface area is 103 Å².